The number of rotatable bonds is 5. The SMILES string of the molecule is COCCn1c(=O)c2c(-c3noc(-c4ccc(F)cc4)n3)ncn2c2ccc(Cl)cc21. The van der Waals surface area contributed by atoms with E-state index < -0.39 is 0 Å². The van der Waals surface area contributed by atoms with E-state index in [0.29, 0.717) is 34.8 Å². The van der Waals surface area contributed by atoms with Crippen LogP contribution in [-0.2, 0) is 11.3 Å². The lowest BCUT2D eigenvalue weighted by Crippen LogP contribution is -2.25. The number of ether oxygens (including phenoxy) is 1. The van der Waals surface area contributed by atoms with Gasteiger partial charge in [-0.25, -0.2) is 9.37 Å². The smallest absolute Gasteiger partial charge is 0.277 e. The summed E-state index contributed by atoms with van der Waals surface area (Å²) in [4.78, 5) is 22.1. The summed E-state index contributed by atoms with van der Waals surface area (Å²) in [5, 5.41) is 4.50. The molecular weight excluding hydrogens is 425 g/mol. The zero-order chi connectivity index (χ0) is 21.5. The number of methoxy groups -OCH3 is 1. The molecule has 0 unspecified atom stereocenters. The Balaban J connectivity index is 1.72. The van der Waals surface area contributed by atoms with Crippen LogP contribution in [-0.4, -0.2) is 37.8 Å². The van der Waals surface area contributed by atoms with Crippen LogP contribution in [0, 0.1) is 5.82 Å². The fraction of sp³-hybridized carbons (Fsp3) is 0.143. The Kier molecular flexibility index (Phi) is 4.76. The lowest BCUT2D eigenvalue weighted by molar-refractivity contribution is 0.187. The summed E-state index contributed by atoms with van der Waals surface area (Å²) in [6.07, 6.45) is 1.54. The first-order chi connectivity index (χ1) is 15.1. The molecule has 0 aliphatic carbocycles. The molecule has 0 spiro atoms. The second kappa shape index (κ2) is 7.60. The molecule has 0 aliphatic rings. The molecule has 0 atom stereocenters. The van der Waals surface area contributed by atoms with E-state index in [-0.39, 0.29) is 28.8 Å². The van der Waals surface area contributed by atoms with Crippen LogP contribution in [0.2, 0.25) is 5.02 Å². The van der Waals surface area contributed by atoms with Gasteiger partial charge in [-0.1, -0.05) is 16.8 Å². The third-order valence-corrected chi connectivity index (χ3v) is 5.19. The van der Waals surface area contributed by atoms with Crippen molar-refractivity contribution in [3.05, 3.63) is 70.0 Å². The van der Waals surface area contributed by atoms with Crippen LogP contribution in [0.5, 0.6) is 0 Å². The van der Waals surface area contributed by atoms with Crippen molar-refractivity contribution in [3.8, 4) is 23.0 Å². The number of halogens is 2. The van der Waals surface area contributed by atoms with Gasteiger partial charge in [0.05, 0.1) is 17.6 Å². The maximum atomic E-state index is 13.4. The molecule has 5 aromatic rings. The van der Waals surface area contributed by atoms with Gasteiger partial charge >= 0.3 is 0 Å². The third-order valence-electron chi connectivity index (χ3n) is 4.95. The summed E-state index contributed by atoms with van der Waals surface area (Å²) in [5.41, 5.74) is 2.26. The van der Waals surface area contributed by atoms with Gasteiger partial charge < -0.3 is 13.8 Å². The summed E-state index contributed by atoms with van der Waals surface area (Å²) in [5.74, 6) is -0.0128. The molecule has 0 aliphatic heterocycles. The minimum atomic E-state index is -0.368. The number of imidazole rings is 1. The molecule has 10 heteroatoms. The first kappa shape index (κ1) is 19.4. The summed E-state index contributed by atoms with van der Waals surface area (Å²) >= 11 is 6.17. The second-order valence-electron chi connectivity index (χ2n) is 6.82. The molecule has 156 valence electrons. The van der Waals surface area contributed by atoms with Crippen molar-refractivity contribution >= 4 is 28.2 Å². The van der Waals surface area contributed by atoms with Crippen molar-refractivity contribution in [1.29, 1.82) is 0 Å². The minimum Gasteiger partial charge on any atom is -0.383 e. The van der Waals surface area contributed by atoms with E-state index in [1.807, 2.05) is 6.07 Å². The number of fused-ring (bicyclic) bond motifs is 3. The van der Waals surface area contributed by atoms with E-state index in [1.54, 1.807) is 28.2 Å². The van der Waals surface area contributed by atoms with Gasteiger partial charge in [-0.2, -0.15) is 4.98 Å². The Morgan fingerprint density at radius 2 is 1.97 bits per heavy atom. The quantitative estimate of drug-likeness (QED) is 0.414. The van der Waals surface area contributed by atoms with Crippen molar-refractivity contribution < 1.29 is 13.7 Å². The van der Waals surface area contributed by atoms with E-state index in [2.05, 4.69) is 15.1 Å². The maximum absolute atomic E-state index is 13.4. The van der Waals surface area contributed by atoms with Crippen molar-refractivity contribution in [2.75, 3.05) is 13.7 Å². The lowest BCUT2D eigenvalue weighted by atomic mass is 10.2. The van der Waals surface area contributed by atoms with Crippen LogP contribution in [0.1, 0.15) is 0 Å². The molecular formula is C21H15ClFN5O3. The molecule has 0 bridgehead atoms. The molecule has 0 saturated carbocycles. The predicted molar refractivity (Wildman–Crippen MR) is 113 cm³/mol. The average molecular weight is 440 g/mol. The fourth-order valence-corrected chi connectivity index (χ4v) is 3.65. The molecule has 0 N–H and O–H groups in total. The van der Waals surface area contributed by atoms with Gasteiger partial charge in [-0.3, -0.25) is 9.20 Å². The van der Waals surface area contributed by atoms with Gasteiger partial charge in [-0.15, -0.1) is 0 Å². The minimum absolute atomic E-state index is 0.158. The van der Waals surface area contributed by atoms with Gasteiger partial charge in [0, 0.05) is 24.2 Å². The highest BCUT2D eigenvalue weighted by molar-refractivity contribution is 6.31. The van der Waals surface area contributed by atoms with E-state index in [4.69, 9.17) is 20.9 Å². The van der Waals surface area contributed by atoms with Gasteiger partial charge in [0.15, 0.2) is 0 Å². The predicted octanol–water partition coefficient (Wildman–Crippen LogP) is 3.81. The number of nitrogens with zero attached hydrogens (tertiary/aromatic N) is 5. The summed E-state index contributed by atoms with van der Waals surface area (Å²) < 4.78 is 27.0. The molecule has 3 heterocycles. The standard InChI is InChI=1S/C21H15ClFN5O3/c1-30-9-8-27-16-10-13(22)4-7-15(16)28-11-24-17(18(28)21(27)29)19-25-20(31-26-19)12-2-5-14(23)6-3-12/h2-7,10-11H,8-9H2,1H3. The number of aromatic nitrogens is 5. The van der Waals surface area contributed by atoms with Crippen LogP contribution < -0.4 is 5.56 Å². The molecule has 2 aromatic carbocycles. The number of hydrogen-bond donors (Lipinski definition) is 0. The highest BCUT2D eigenvalue weighted by Gasteiger charge is 2.21. The molecule has 0 radical (unpaired) electrons. The summed E-state index contributed by atoms with van der Waals surface area (Å²) in [7, 11) is 1.57. The van der Waals surface area contributed by atoms with E-state index >= 15 is 0 Å². The van der Waals surface area contributed by atoms with Crippen LogP contribution >= 0.6 is 11.6 Å². The Morgan fingerprint density at radius 1 is 1.16 bits per heavy atom. The second-order valence-corrected chi connectivity index (χ2v) is 7.26. The number of hydrogen-bond acceptors (Lipinski definition) is 6. The number of benzene rings is 2. The molecule has 3 aromatic heterocycles. The highest BCUT2D eigenvalue weighted by atomic mass is 35.5. The van der Waals surface area contributed by atoms with Gasteiger partial charge in [-0.05, 0) is 42.5 Å². The monoisotopic (exact) mass is 439 g/mol. The molecule has 0 fully saturated rings. The van der Waals surface area contributed by atoms with Gasteiger partial charge in [0.1, 0.15) is 23.4 Å². The fourth-order valence-electron chi connectivity index (χ4n) is 3.49. The normalized spacial score (nSPS) is 11.6. The highest BCUT2D eigenvalue weighted by Crippen LogP contribution is 2.26. The van der Waals surface area contributed by atoms with Crippen molar-refractivity contribution in [2.45, 2.75) is 6.54 Å². The Morgan fingerprint density at radius 3 is 2.74 bits per heavy atom. The van der Waals surface area contributed by atoms with Gasteiger partial charge in [0.25, 0.3) is 11.4 Å². The zero-order valence-corrected chi connectivity index (χ0v) is 17.0. The van der Waals surface area contributed by atoms with E-state index in [9.17, 15) is 9.18 Å². The van der Waals surface area contributed by atoms with Gasteiger partial charge in [0.2, 0.25) is 5.82 Å². The zero-order valence-electron chi connectivity index (χ0n) is 16.2. The first-order valence-electron chi connectivity index (χ1n) is 9.35. The Hall–Kier alpha value is -3.56. The molecule has 5 rings (SSSR count). The maximum Gasteiger partial charge on any atom is 0.277 e. The third kappa shape index (κ3) is 3.28. The topological polar surface area (TPSA) is 87.5 Å². The average Bonchev–Trinajstić information content (AvgIpc) is 3.42. The Labute approximate surface area is 179 Å². The first-order valence-corrected chi connectivity index (χ1v) is 9.72. The molecule has 0 saturated heterocycles. The molecule has 8 nitrogen and oxygen atoms in total. The summed E-state index contributed by atoms with van der Waals surface area (Å²) in [6.45, 7) is 0.679. The van der Waals surface area contributed by atoms with E-state index in [0.717, 1.165) is 5.52 Å². The van der Waals surface area contributed by atoms with E-state index in [1.165, 1.54) is 30.6 Å². The summed E-state index contributed by atoms with van der Waals surface area (Å²) in [6, 6.07) is 11.0. The van der Waals surface area contributed by atoms with Crippen molar-refractivity contribution in [1.82, 2.24) is 24.1 Å². The molecule has 0 amide bonds. The Bertz CT molecular complexity index is 1470. The van der Waals surface area contributed by atoms with Crippen LogP contribution in [0.3, 0.4) is 0 Å². The largest absolute Gasteiger partial charge is 0.383 e. The van der Waals surface area contributed by atoms with Crippen molar-refractivity contribution in [3.63, 3.8) is 0 Å². The lowest BCUT2D eigenvalue weighted by Gasteiger charge is -2.12. The van der Waals surface area contributed by atoms with Crippen LogP contribution in [0.4, 0.5) is 4.39 Å². The van der Waals surface area contributed by atoms with Crippen LogP contribution in [0.25, 0.3) is 39.5 Å². The van der Waals surface area contributed by atoms with Crippen molar-refractivity contribution in [2.24, 2.45) is 0 Å². The molecule has 31 heavy (non-hydrogen) atoms. The van der Waals surface area contributed by atoms with Crippen LogP contribution in [0.15, 0.2) is 58.1 Å².